The molecule has 4 heteroatoms. The molecule has 0 radical (unpaired) electrons. The monoisotopic (exact) mass is 298 g/mol. The van der Waals surface area contributed by atoms with E-state index in [-0.39, 0.29) is 5.78 Å². The summed E-state index contributed by atoms with van der Waals surface area (Å²) < 4.78 is 12.6. The first-order valence-corrected chi connectivity index (χ1v) is 8.27. The van der Waals surface area contributed by atoms with Gasteiger partial charge in [-0.05, 0) is 23.8 Å². The summed E-state index contributed by atoms with van der Waals surface area (Å²) in [5.41, 5.74) is 1.80. The minimum Gasteiger partial charge on any atom is -0.288 e. The van der Waals surface area contributed by atoms with Crippen LogP contribution in [0, 0.1) is 0 Å². The molecule has 0 amide bonds. The van der Waals surface area contributed by atoms with E-state index in [1.165, 1.54) is 11.8 Å². The van der Waals surface area contributed by atoms with Gasteiger partial charge in [-0.2, -0.15) is 0 Å². The van der Waals surface area contributed by atoms with Crippen molar-refractivity contribution in [1.29, 1.82) is 0 Å². The van der Waals surface area contributed by atoms with Crippen LogP contribution in [0.2, 0.25) is 0 Å². The van der Waals surface area contributed by atoms with Gasteiger partial charge in [-0.1, -0.05) is 42.1 Å². The lowest BCUT2D eigenvalue weighted by atomic mass is 10.1. The van der Waals surface area contributed by atoms with Crippen molar-refractivity contribution in [1.82, 2.24) is 0 Å². The van der Waals surface area contributed by atoms with Gasteiger partial charge in [0.05, 0.1) is 15.7 Å². The van der Waals surface area contributed by atoms with Gasteiger partial charge in [0.15, 0.2) is 0 Å². The third-order valence-electron chi connectivity index (χ3n) is 3.55. The molecule has 2 aliphatic heterocycles. The Morgan fingerprint density at radius 2 is 1.75 bits per heavy atom. The highest BCUT2D eigenvalue weighted by molar-refractivity contribution is 8.05. The predicted molar refractivity (Wildman–Crippen MR) is 80.2 cm³/mol. The van der Waals surface area contributed by atoms with E-state index in [9.17, 15) is 9.00 Å². The second-order valence-electron chi connectivity index (χ2n) is 4.73. The van der Waals surface area contributed by atoms with Gasteiger partial charge in [0.25, 0.3) is 0 Å². The van der Waals surface area contributed by atoms with Crippen LogP contribution in [-0.4, -0.2) is 9.99 Å². The lowest BCUT2D eigenvalue weighted by Gasteiger charge is -1.99. The first kappa shape index (κ1) is 12.1. The largest absolute Gasteiger partial charge is 0.288 e. The molecule has 4 rings (SSSR count). The number of carbonyl (C=O) groups is 1. The zero-order valence-corrected chi connectivity index (χ0v) is 12.1. The van der Waals surface area contributed by atoms with Crippen molar-refractivity contribution < 1.29 is 9.00 Å². The summed E-state index contributed by atoms with van der Waals surface area (Å²) in [6, 6.07) is 15.3. The molecule has 20 heavy (non-hydrogen) atoms. The first-order valence-electron chi connectivity index (χ1n) is 6.30. The van der Waals surface area contributed by atoms with Gasteiger partial charge in [-0.25, -0.2) is 4.21 Å². The molecule has 0 aliphatic carbocycles. The van der Waals surface area contributed by atoms with Crippen molar-refractivity contribution in [3.63, 3.8) is 0 Å². The maximum absolute atomic E-state index is 12.6. The summed E-state index contributed by atoms with van der Waals surface area (Å²) in [5, 5.41) is 0. The number of rotatable bonds is 0. The molecule has 2 aromatic rings. The number of carbonyl (C=O) groups excluding carboxylic acids is 1. The fraction of sp³-hybridized carbons (Fsp3) is 0.0625. The molecule has 0 aromatic heterocycles. The molecular weight excluding hydrogens is 288 g/mol. The number of hydrogen-bond donors (Lipinski definition) is 0. The lowest BCUT2D eigenvalue weighted by molar-refractivity contribution is 0.104. The predicted octanol–water partition coefficient (Wildman–Crippen LogP) is 3.55. The van der Waals surface area contributed by atoms with Crippen molar-refractivity contribution in [2.75, 3.05) is 0 Å². The fourth-order valence-corrected chi connectivity index (χ4v) is 5.34. The molecule has 0 N–H and O–H groups in total. The van der Waals surface area contributed by atoms with Gasteiger partial charge in [0.1, 0.15) is 0 Å². The van der Waals surface area contributed by atoms with Crippen molar-refractivity contribution in [2.45, 2.75) is 16.2 Å². The number of ketones is 1. The smallest absolute Gasteiger partial charge is 0.201 e. The second-order valence-corrected chi connectivity index (χ2v) is 7.26. The van der Waals surface area contributed by atoms with E-state index in [1.54, 1.807) is 0 Å². The van der Waals surface area contributed by atoms with E-state index < -0.39 is 10.8 Å². The molecule has 0 bridgehead atoms. The number of hydrogen-bond acceptors (Lipinski definition) is 3. The molecule has 2 aromatic carbocycles. The number of thioether (sulfide) groups is 1. The van der Waals surface area contributed by atoms with Crippen molar-refractivity contribution >= 4 is 28.3 Å². The standard InChI is InChI=1S/C16H10O2S2/c17-15-11-6-2-3-7-12(11)19-16(15)14-9-10-5-1-4-8-13(10)20(14)18/h1-8H,9H2. The van der Waals surface area contributed by atoms with E-state index in [0.29, 0.717) is 11.3 Å². The van der Waals surface area contributed by atoms with Gasteiger partial charge < -0.3 is 0 Å². The molecule has 2 aliphatic rings. The zero-order chi connectivity index (χ0) is 13.7. The molecule has 98 valence electrons. The van der Waals surface area contributed by atoms with Gasteiger partial charge >= 0.3 is 0 Å². The number of Topliss-reactive ketones (excluding diaryl/α,β-unsaturated/α-hetero) is 1. The second kappa shape index (κ2) is 4.43. The highest BCUT2D eigenvalue weighted by atomic mass is 32.2. The molecular formula is C16H10O2S2. The van der Waals surface area contributed by atoms with Gasteiger partial charge in [-0.15, -0.1) is 0 Å². The SMILES string of the molecule is O=C1C(=C2Cc3ccccc3S2=O)Sc2ccccc21. The van der Waals surface area contributed by atoms with Crippen molar-refractivity contribution in [3.05, 3.63) is 69.5 Å². The number of allylic oxidation sites excluding steroid dienone is 2. The Kier molecular flexibility index (Phi) is 2.69. The highest BCUT2D eigenvalue weighted by Gasteiger charge is 2.34. The summed E-state index contributed by atoms with van der Waals surface area (Å²) >= 11 is 1.45. The minimum absolute atomic E-state index is 0.0155. The summed E-state index contributed by atoms with van der Waals surface area (Å²) in [6.07, 6.45) is 0.616. The van der Waals surface area contributed by atoms with Gasteiger partial charge in [0, 0.05) is 26.7 Å². The molecule has 2 heterocycles. The Labute approximate surface area is 123 Å². The zero-order valence-electron chi connectivity index (χ0n) is 10.5. The summed E-state index contributed by atoms with van der Waals surface area (Å²) in [6.45, 7) is 0. The van der Waals surface area contributed by atoms with E-state index >= 15 is 0 Å². The average Bonchev–Trinajstić information content (AvgIpc) is 2.98. The van der Waals surface area contributed by atoms with Crippen LogP contribution in [0.15, 0.2) is 68.1 Å². The lowest BCUT2D eigenvalue weighted by Crippen LogP contribution is -2.00. The summed E-state index contributed by atoms with van der Waals surface area (Å²) in [7, 11) is -1.20. The molecule has 0 saturated heterocycles. The maximum atomic E-state index is 12.6. The fourth-order valence-electron chi connectivity index (χ4n) is 2.57. The van der Waals surface area contributed by atoms with Crippen LogP contribution in [0.1, 0.15) is 15.9 Å². The highest BCUT2D eigenvalue weighted by Crippen LogP contribution is 2.45. The van der Waals surface area contributed by atoms with Crippen LogP contribution in [0.25, 0.3) is 0 Å². The minimum atomic E-state index is -1.20. The van der Waals surface area contributed by atoms with Gasteiger partial charge in [0.2, 0.25) is 5.78 Å². The Morgan fingerprint density at radius 3 is 2.55 bits per heavy atom. The molecule has 0 fully saturated rings. The van der Waals surface area contributed by atoms with Crippen LogP contribution >= 0.6 is 11.8 Å². The number of fused-ring (bicyclic) bond motifs is 2. The Balaban J connectivity index is 1.85. The number of benzene rings is 2. The third kappa shape index (κ3) is 1.65. The topological polar surface area (TPSA) is 34.1 Å². The maximum Gasteiger partial charge on any atom is 0.201 e. The molecule has 0 spiro atoms. The first-order chi connectivity index (χ1) is 9.75. The summed E-state index contributed by atoms with van der Waals surface area (Å²) in [4.78, 5) is 15.7. The molecule has 1 atom stereocenters. The Morgan fingerprint density at radius 1 is 1.00 bits per heavy atom. The Bertz CT molecular complexity index is 738. The molecule has 2 nitrogen and oxygen atoms in total. The van der Waals surface area contributed by atoms with E-state index in [0.717, 1.165) is 25.8 Å². The van der Waals surface area contributed by atoms with Crippen LogP contribution < -0.4 is 0 Å². The van der Waals surface area contributed by atoms with Crippen LogP contribution in [0.4, 0.5) is 0 Å². The van der Waals surface area contributed by atoms with E-state index in [4.69, 9.17) is 0 Å². The van der Waals surface area contributed by atoms with Gasteiger partial charge in [-0.3, -0.25) is 4.79 Å². The van der Waals surface area contributed by atoms with E-state index in [2.05, 4.69) is 0 Å². The Hall–Kier alpha value is -1.65. The summed E-state index contributed by atoms with van der Waals surface area (Å²) in [5.74, 6) is 0.0155. The normalized spacial score (nSPS) is 23.8. The van der Waals surface area contributed by atoms with Crippen LogP contribution in [-0.2, 0) is 17.2 Å². The van der Waals surface area contributed by atoms with Crippen molar-refractivity contribution in [2.24, 2.45) is 0 Å². The quantitative estimate of drug-likeness (QED) is 0.698. The van der Waals surface area contributed by atoms with Crippen LogP contribution in [0.5, 0.6) is 0 Å². The molecule has 0 saturated carbocycles. The average molecular weight is 298 g/mol. The third-order valence-corrected chi connectivity index (χ3v) is 6.49. The van der Waals surface area contributed by atoms with Crippen molar-refractivity contribution in [3.8, 4) is 0 Å². The van der Waals surface area contributed by atoms with Crippen LogP contribution in [0.3, 0.4) is 0 Å². The molecule has 1 unspecified atom stereocenters. The van der Waals surface area contributed by atoms with E-state index in [1.807, 2.05) is 48.5 Å².